The highest BCUT2D eigenvalue weighted by Gasteiger charge is 2.44. The summed E-state index contributed by atoms with van der Waals surface area (Å²) in [5.74, 6) is 0.629. The highest BCUT2D eigenvalue weighted by Crippen LogP contribution is 2.44. The molecule has 1 heterocycles. The van der Waals surface area contributed by atoms with Gasteiger partial charge in [0.15, 0.2) is 0 Å². The van der Waals surface area contributed by atoms with Crippen LogP contribution < -0.4 is 5.73 Å². The summed E-state index contributed by atoms with van der Waals surface area (Å²) < 4.78 is 5.85. The average Bonchev–Trinajstić information content (AvgIpc) is 2.23. The van der Waals surface area contributed by atoms with Crippen LogP contribution in [0.1, 0.15) is 58.8 Å². The number of carbonyl (C=O) groups is 1. The van der Waals surface area contributed by atoms with E-state index < -0.39 is 0 Å². The van der Waals surface area contributed by atoms with E-state index in [1.54, 1.807) is 0 Å². The van der Waals surface area contributed by atoms with E-state index in [0.29, 0.717) is 12.2 Å². The van der Waals surface area contributed by atoms with E-state index in [1.165, 1.54) is 6.42 Å². The molecular formula is C14H25NO2. The predicted octanol–water partition coefficient (Wildman–Crippen LogP) is 2.42. The van der Waals surface area contributed by atoms with Gasteiger partial charge in [0.2, 0.25) is 0 Å². The minimum atomic E-state index is -0.227. The van der Waals surface area contributed by atoms with Gasteiger partial charge in [0.25, 0.3) is 0 Å². The fraction of sp³-hybridized carbons (Fsp3) is 0.929. The molecule has 1 saturated heterocycles. The molecule has 17 heavy (non-hydrogen) atoms. The first kappa shape index (κ1) is 13.0. The van der Waals surface area contributed by atoms with Crippen LogP contribution in [0.5, 0.6) is 0 Å². The van der Waals surface area contributed by atoms with Crippen molar-refractivity contribution in [3.63, 3.8) is 0 Å². The van der Waals surface area contributed by atoms with Gasteiger partial charge < -0.3 is 10.5 Å². The smallest absolute Gasteiger partial charge is 0.136 e. The van der Waals surface area contributed by atoms with Gasteiger partial charge in [0.1, 0.15) is 5.78 Å². The Bertz CT molecular complexity index is 289. The summed E-state index contributed by atoms with van der Waals surface area (Å²) in [7, 11) is 0. The van der Waals surface area contributed by atoms with Crippen molar-refractivity contribution >= 4 is 5.78 Å². The van der Waals surface area contributed by atoms with Gasteiger partial charge in [-0.05, 0) is 52.4 Å². The Morgan fingerprint density at radius 2 is 2.18 bits per heavy atom. The summed E-state index contributed by atoms with van der Waals surface area (Å²) in [5.41, 5.74) is 5.78. The molecule has 3 nitrogen and oxygen atoms in total. The molecule has 1 spiro atoms. The van der Waals surface area contributed by atoms with Gasteiger partial charge in [0.05, 0.1) is 5.60 Å². The van der Waals surface area contributed by atoms with E-state index in [4.69, 9.17) is 10.5 Å². The lowest BCUT2D eigenvalue weighted by molar-refractivity contribution is -0.155. The molecule has 1 aliphatic carbocycles. The molecule has 0 radical (unpaired) electrons. The van der Waals surface area contributed by atoms with Gasteiger partial charge in [-0.1, -0.05) is 0 Å². The maximum Gasteiger partial charge on any atom is 0.136 e. The zero-order valence-corrected chi connectivity index (χ0v) is 11.1. The van der Waals surface area contributed by atoms with E-state index in [1.807, 2.05) is 13.8 Å². The average molecular weight is 239 g/mol. The second-order valence-electron chi connectivity index (χ2n) is 6.53. The minimum Gasteiger partial charge on any atom is -0.375 e. The van der Waals surface area contributed by atoms with Crippen molar-refractivity contribution < 1.29 is 9.53 Å². The van der Waals surface area contributed by atoms with E-state index in [-0.39, 0.29) is 17.1 Å². The Labute approximate surface area is 104 Å². The van der Waals surface area contributed by atoms with Crippen molar-refractivity contribution in [2.75, 3.05) is 6.61 Å². The molecule has 0 aromatic rings. The monoisotopic (exact) mass is 239 g/mol. The molecule has 1 atom stereocenters. The third-order valence-electron chi connectivity index (χ3n) is 4.23. The molecule has 1 aliphatic heterocycles. The molecule has 2 N–H and O–H groups in total. The Morgan fingerprint density at radius 1 is 1.47 bits per heavy atom. The molecule has 0 aromatic heterocycles. The molecule has 0 aromatic carbocycles. The van der Waals surface area contributed by atoms with Crippen LogP contribution in [-0.4, -0.2) is 23.5 Å². The molecule has 0 bridgehead atoms. The maximum atomic E-state index is 12.2. The lowest BCUT2D eigenvalue weighted by Crippen LogP contribution is -2.47. The Balaban J connectivity index is 1.83. The van der Waals surface area contributed by atoms with Crippen LogP contribution in [0.3, 0.4) is 0 Å². The fourth-order valence-electron chi connectivity index (χ4n) is 2.87. The highest BCUT2D eigenvalue weighted by molar-refractivity contribution is 5.81. The van der Waals surface area contributed by atoms with Crippen molar-refractivity contribution in [3.8, 4) is 0 Å². The summed E-state index contributed by atoms with van der Waals surface area (Å²) in [5, 5.41) is 0. The van der Waals surface area contributed by atoms with Gasteiger partial charge in [-0.3, -0.25) is 4.79 Å². The molecule has 98 valence electrons. The van der Waals surface area contributed by atoms with Gasteiger partial charge in [-0.2, -0.15) is 0 Å². The van der Waals surface area contributed by atoms with E-state index in [0.717, 1.165) is 38.7 Å². The number of ether oxygens (including phenoxy) is 1. The normalized spacial score (nSPS) is 27.8. The Hall–Kier alpha value is -0.410. The lowest BCUT2D eigenvalue weighted by Gasteiger charge is -2.47. The summed E-state index contributed by atoms with van der Waals surface area (Å²) in [6, 6.07) is 0. The van der Waals surface area contributed by atoms with Gasteiger partial charge >= 0.3 is 0 Å². The Morgan fingerprint density at radius 3 is 2.71 bits per heavy atom. The maximum absolute atomic E-state index is 12.2. The quantitative estimate of drug-likeness (QED) is 0.819. The summed E-state index contributed by atoms with van der Waals surface area (Å²) >= 11 is 0. The molecule has 1 unspecified atom stereocenters. The molecule has 2 rings (SSSR count). The highest BCUT2D eigenvalue weighted by atomic mass is 16.5. The topological polar surface area (TPSA) is 52.3 Å². The molecular weight excluding hydrogens is 214 g/mol. The van der Waals surface area contributed by atoms with Crippen molar-refractivity contribution in [1.82, 2.24) is 0 Å². The third-order valence-corrected chi connectivity index (χ3v) is 4.23. The molecule has 2 fully saturated rings. The molecule has 0 amide bonds. The van der Waals surface area contributed by atoms with Crippen molar-refractivity contribution in [3.05, 3.63) is 0 Å². The lowest BCUT2D eigenvalue weighted by atomic mass is 9.70. The number of ketones is 1. The molecule has 3 heteroatoms. The standard InChI is InChI=1S/C14H25NO2/c1-13(2,15)8-4-12(16)11-5-9-17-14(10-11)6-3-7-14/h11H,3-10,15H2,1-2H3. The zero-order chi connectivity index (χ0) is 12.5. The summed E-state index contributed by atoms with van der Waals surface area (Å²) in [6.07, 6.45) is 6.85. The van der Waals surface area contributed by atoms with Crippen LogP contribution in [-0.2, 0) is 9.53 Å². The second-order valence-corrected chi connectivity index (χ2v) is 6.53. The predicted molar refractivity (Wildman–Crippen MR) is 67.8 cm³/mol. The van der Waals surface area contributed by atoms with Crippen LogP contribution in [0.15, 0.2) is 0 Å². The van der Waals surface area contributed by atoms with Crippen molar-refractivity contribution in [2.24, 2.45) is 11.7 Å². The molecule has 1 saturated carbocycles. The zero-order valence-electron chi connectivity index (χ0n) is 11.1. The van der Waals surface area contributed by atoms with Crippen LogP contribution in [0.2, 0.25) is 0 Å². The SMILES string of the molecule is CC(C)(N)CCC(=O)C1CCOC2(CCC2)C1. The van der Waals surface area contributed by atoms with E-state index in [2.05, 4.69) is 0 Å². The second kappa shape index (κ2) is 4.69. The molecule has 2 aliphatic rings. The number of Topliss-reactive ketones (excluding diaryl/α,β-unsaturated/α-hetero) is 1. The van der Waals surface area contributed by atoms with Gasteiger partial charge in [-0.15, -0.1) is 0 Å². The first-order valence-electron chi connectivity index (χ1n) is 6.86. The number of nitrogens with two attached hydrogens (primary N) is 1. The Kier molecular flexibility index (Phi) is 3.60. The minimum absolute atomic E-state index is 0.0802. The fourth-order valence-corrected chi connectivity index (χ4v) is 2.87. The number of hydrogen-bond acceptors (Lipinski definition) is 3. The van der Waals surface area contributed by atoms with Crippen LogP contribution in [0.4, 0.5) is 0 Å². The largest absolute Gasteiger partial charge is 0.375 e. The summed E-state index contributed by atoms with van der Waals surface area (Å²) in [6.45, 7) is 4.73. The van der Waals surface area contributed by atoms with Crippen LogP contribution in [0, 0.1) is 5.92 Å². The van der Waals surface area contributed by atoms with Crippen molar-refractivity contribution in [1.29, 1.82) is 0 Å². The first-order chi connectivity index (χ1) is 7.90. The van der Waals surface area contributed by atoms with Gasteiger partial charge in [-0.25, -0.2) is 0 Å². The van der Waals surface area contributed by atoms with Crippen LogP contribution in [0.25, 0.3) is 0 Å². The van der Waals surface area contributed by atoms with Crippen LogP contribution >= 0.6 is 0 Å². The third kappa shape index (κ3) is 3.29. The van der Waals surface area contributed by atoms with E-state index >= 15 is 0 Å². The van der Waals surface area contributed by atoms with E-state index in [9.17, 15) is 4.79 Å². The first-order valence-corrected chi connectivity index (χ1v) is 6.86. The number of carbonyl (C=O) groups excluding carboxylic acids is 1. The number of hydrogen-bond donors (Lipinski definition) is 1. The van der Waals surface area contributed by atoms with Gasteiger partial charge in [0, 0.05) is 24.5 Å². The number of rotatable bonds is 4. The summed E-state index contributed by atoms with van der Waals surface area (Å²) in [4.78, 5) is 12.2. The van der Waals surface area contributed by atoms with Crippen molar-refractivity contribution in [2.45, 2.75) is 69.9 Å².